The lowest BCUT2D eigenvalue weighted by Gasteiger charge is -2.30. The average molecular weight is 383 g/mol. The van der Waals surface area contributed by atoms with Crippen molar-refractivity contribution in [2.24, 2.45) is 5.92 Å². The van der Waals surface area contributed by atoms with Crippen molar-refractivity contribution in [1.29, 1.82) is 0 Å². The summed E-state index contributed by atoms with van der Waals surface area (Å²) in [6.07, 6.45) is 0.925. The van der Waals surface area contributed by atoms with Gasteiger partial charge in [-0.1, -0.05) is 37.6 Å². The van der Waals surface area contributed by atoms with Crippen molar-refractivity contribution in [3.8, 4) is 0 Å². The highest BCUT2D eigenvalue weighted by atomic mass is 35.5. The molecule has 1 N–H and O–H groups in total. The molecule has 0 aliphatic heterocycles. The van der Waals surface area contributed by atoms with Gasteiger partial charge >= 0.3 is 0 Å². The van der Waals surface area contributed by atoms with E-state index in [4.69, 9.17) is 16.3 Å². The van der Waals surface area contributed by atoms with Crippen molar-refractivity contribution >= 4 is 23.4 Å². The molecule has 0 aliphatic rings. The fourth-order valence-corrected chi connectivity index (χ4v) is 2.54. The smallest absolute Gasteiger partial charge is 0.242 e. The molecule has 5 nitrogen and oxygen atoms in total. The molecule has 0 aromatic heterocycles. The summed E-state index contributed by atoms with van der Waals surface area (Å²) in [5.74, 6) is -0.389. The lowest BCUT2D eigenvalue weighted by atomic mass is 10.1. The van der Waals surface area contributed by atoms with Crippen molar-refractivity contribution in [2.75, 3.05) is 13.2 Å². The van der Waals surface area contributed by atoms with Gasteiger partial charge in [0.1, 0.15) is 6.04 Å². The van der Waals surface area contributed by atoms with E-state index in [1.807, 2.05) is 39.8 Å². The monoisotopic (exact) mass is 382 g/mol. The van der Waals surface area contributed by atoms with Gasteiger partial charge in [0.05, 0.1) is 6.10 Å². The average Bonchev–Trinajstić information content (AvgIpc) is 2.59. The van der Waals surface area contributed by atoms with Crippen molar-refractivity contribution in [1.82, 2.24) is 10.2 Å². The maximum absolute atomic E-state index is 12.6. The van der Waals surface area contributed by atoms with Gasteiger partial charge in [0.25, 0.3) is 0 Å². The van der Waals surface area contributed by atoms with Crippen LogP contribution in [0.3, 0.4) is 0 Å². The van der Waals surface area contributed by atoms with Crippen LogP contribution in [0.5, 0.6) is 0 Å². The van der Waals surface area contributed by atoms with Gasteiger partial charge in [0.2, 0.25) is 11.8 Å². The Labute approximate surface area is 162 Å². The Morgan fingerprint density at radius 2 is 1.73 bits per heavy atom. The molecule has 26 heavy (non-hydrogen) atoms. The number of rotatable bonds is 10. The molecular weight excluding hydrogens is 352 g/mol. The summed E-state index contributed by atoms with van der Waals surface area (Å²) in [4.78, 5) is 26.7. The van der Waals surface area contributed by atoms with Crippen LogP contribution in [0, 0.1) is 5.92 Å². The summed E-state index contributed by atoms with van der Waals surface area (Å²) < 4.78 is 5.46. The highest BCUT2D eigenvalue weighted by Crippen LogP contribution is 2.15. The van der Waals surface area contributed by atoms with Crippen LogP contribution in [-0.2, 0) is 20.9 Å². The Bertz CT molecular complexity index is 573. The zero-order chi connectivity index (χ0) is 19.7. The number of carbonyl (C=O) groups excluding carboxylic acids is 2. The Morgan fingerprint density at radius 1 is 1.12 bits per heavy atom. The van der Waals surface area contributed by atoms with Crippen LogP contribution in [0.2, 0.25) is 5.02 Å². The van der Waals surface area contributed by atoms with Gasteiger partial charge in [-0.15, -0.1) is 0 Å². The van der Waals surface area contributed by atoms with Crippen molar-refractivity contribution < 1.29 is 14.3 Å². The molecule has 146 valence electrons. The van der Waals surface area contributed by atoms with Gasteiger partial charge in [-0.2, -0.15) is 0 Å². The van der Waals surface area contributed by atoms with Gasteiger partial charge in [-0.25, -0.2) is 0 Å². The van der Waals surface area contributed by atoms with Crippen molar-refractivity contribution in [3.63, 3.8) is 0 Å². The lowest BCUT2D eigenvalue weighted by molar-refractivity contribution is -0.143. The third-order valence-corrected chi connectivity index (χ3v) is 4.21. The predicted octanol–water partition coefficient (Wildman–Crippen LogP) is 3.64. The van der Waals surface area contributed by atoms with E-state index in [0.29, 0.717) is 24.7 Å². The van der Waals surface area contributed by atoms with Crippen molar-refractivity contribution in [3.05, 3.63) is 34.9 Å². The summed E-state index contributed by atoms with van der Waals surface area (Å²) in [5.41, 5.74) is 0.938. The number of hydrogen-bond donors (Lipinski definition) is 1. The molecule has 0 unspecified atom stereocenters. The standard InChI is InChI=1S/C20H31ClN2O3/c1-14(2)20(25)23(13-17-7-9-18(21)10-8-17)16(5)19(24)22-11-6-12-26-15(3)4/h7-10,14-16H,6,11-13H2,1-5H3,(H,22,24)/t16-/m0/s1. The fraction of sp³-hybridized carbons (Fsp3) is 0.600. The zero-order valence-corrected chi connectivity index (χ0v) is 17.2. The zero-order valence-electron chi connectivity index (χ0n) is 16.4. The quantitative estimate of drug-likeness (QED) is 0.628. The van der Waals surface area contributed by atoms with E-state index < -0.39 is 6.04 Å². The van der Waals surface area contributed by atoms with E-state index in [1.54, 1.807) is 24.0 Å². The van der Waals surface area contributed by atoms with E-state index in [9.17, 15) is 9.59 Å². The fourth-order valence-electron chi connectivity index (χ4n) is 2.42. The molecule has 0 saturated heterocycles. The van der Waals surface area contributed by atoms with Crippen molar-refractivity contribution in [2.45, 2.75) is 59.7 Å². The van der Waals surface area contributed by atoms with Gasteiger partial charge in [0.15, 0.2) is 0 Å². The van der Waals surface area contributed by atoms with Gasteiger partial charge in [0, 0.05) is 30.6 Å². The first-order valence-corrected chi connectivity index (χ1v) is 9.54. The molecule has 0 heterocycles. The maximum atomic E-state index is 12.6. The van der Waals surface area contributed by atoms with E-state index in [-0.39, 0.29) is 23.8 Å². The number of halogens is 1. The first-order chi connectivity index (χ1) is 12.2. The van der Waals surface area contributed by atoms with E-state index >= 15 is 0 Å². The minimum Gasteiger partial charge on any atom is -0.379 e. The summed E-state index contributed by atoms with van der Waals surface area (Å²) in [6, 6.07) is 6.77. The second-order valence-corrected chi connectivity index (χ2v) is 7.42. The third-order valence-electron chi connectivity index (χ3n) is 3.96. The largest absolute Gasteiger partial charge is 0.379 e. The van der Waals surface area contributed by atoms with E-state index in [2.05, 4.69) is 5.32 Å². The molecule has 1 aromatic carbocycles. The van der Waals surface area contributed by atoms with Gasteiger partial charge in [-0.3, -0.25) is 9.59 Å². The maximum Gasteiger partial charge on any atom is 0.242 e. The summed E-state index contributed by atoms with van der Waals surface area (Å²) in [5, 5.41) is 3.53. The minimum absolute atomic E-state index is 0.0502. The second kappa shape index (κ2) is 11.2. The third kappa shape index (κ3) is 7.75. The Morgan fingerprint density at radius 3 is 2.27 bits per heavy atom. The molecular formula is C20H31ClN2O3. The first-order valence-electron chi connectivity index (χ1n) is 9.16. The molecule has 0 aliphatic carbocycles. The molecule has 0 spiro atoms. The molecule has 0 radical (unpaired) electrons. The van der Waals surface area contributed by atoms with Crippen LogP contribution in [0.4, 0.5) is 0 Å². The second-order valence-electron chi connectivity index (χ2n) is 6.99. The number of nitrogens with one attached hydrogen (secondary N) is 1. The van der Waals surface area contributed by atoms with Crippen LogP contribution in [0.1, 0.15) is 46.6 Å². The number of ether oxygens (including phenoxy) is 1. The first kappa shape index (κ1) is 22.5. The SMILES string of the molecule is CC(C)OCCCNC(=O)[C@H](C)N(Cc1ccc(Cl)cc1)C(=O)C(C)C. The summed E-state index contributed by atoms with van der Waals surface area (Å²) in [7, 11) is 0. The number of amides is 2. The number of benzene rings is 1. The molecule has 0 fully saturated rings. The number of nitrogens with zero attached hydrogens (tertiary/aromatic N) is 1. The van der Waals surface area contributed by atoms with E-state index in [1.165, 1.54) is 0 Å². The number of carbonyl (C=O) groups is 2. The molecule has 2 amide bonds. The van der Waals surface area contributed by atoms with Gasteiger partial charge in [-0.05, 0) is 44.9 Å². The summed E-state index contributed by atoms with van der Waals surface area (Å²) in [6.45, 7) is 10.9. The van der Waals surface area contributed by atoms with E-state index in [0.717, 1.165) is 12.0 Å². The molecule has 0 bridgehead atoms. The number of hydrogen-bond acceptors (Lipinski definition) is 3. The molecule has 6 heteroatoms. The van der Waals surface area contributed by atoms with Gasteiger partial charge < -0.3 is 15.0 Å². The molecule has 1 rings (SSSR count). The van der Waals surface area contributed by atoms with Crippen LogP contribution in [0.25, 0.3) is 0 Å². The van der Waals surface area contributed by atoms with Crippen LogP contribution >= 0.6 is 11.6 Å². The minimum atomic E-state index is -0.549. The Kier molecular flexibility index (Phi) is 9.66. The Hall–Kier alpha value is -1.59. The van der Waals surface area contributed by atoms with Crippen LogP contribution in [-0.4, -0.2) is 42.0 Å². The van der Waals surface area contributed by atoms with Crippen LogP contribution in [0.15, 0.2) is 24.3 Å². The Balaban J connectivity index is 2.68. The predicted molar refractivity (Wildman–Crippen MR) is 105 cm³/mol. The molecule has 0 saturated carbocycles. The highest BCUT2D eigenvalue weighted by molar-refractivity contribution is 6.30. The lowest BCUT2D eigenvalue weighted by Crippen LogP contribution is -2.49. The molecule has 1 aromatic rings. The molecule has 1 atom stereocenters. The summed E-state index contributed by atoms with van der Waals surface area (Å²) >= 11 is 5.92. The van der Waals surface area contributed by atoms with Crippen LogP contribution < -0.4 is 5.32 Å². The topological polar surface area (TPSA) is 58.6 Å². The highest BCUT2D eigenvalue weighted by Gasteiger charge is 2.27. The normalized spacial score (nSPS) is 12.3.